The van der Waals surface area contributed by atoms with Crippen molar-refractivity contribution >= 4 is 43.1 Å². The summed E-state index contributed by atoms with van der Waals surface area (Å²) in [7, 11) is -3.67. The van der Waals surface area contributed by atoms with Crippen LogP contribution in [0.5, 0.6) is 0 Å². The van der Waals surface area contributed by atoms with E-state index in [9.17, 15) is 8.42 Å². The van der Waals surface area contributed by atoms with Gasteiger partial charge in [0, 0.05) is 39.6 Å². The molecule has 0 saturated heterocycles. The summed E-state index contributed by atoms with van der Waals surface area (Å²) in [6.07, 6.45) is 0.715. The lowest BCUT2D eigenvalue weighted by Crippen LogP contribution is -2.40. The smallest absolute Gasteiger partial charge is 0.261 e. The Labute approximate surface area is 204 Å². The van der Waals surface area contributed by atoms with Gasteiger partial charge < -0.3 is 0 Å². The van der Waals surface area contributed by atoms with Gasteiger partial charge in [-0.25, -0.2) is 0 Å². The third kappa shape index (κ3) is 5.83. The molecule has 7 heteroatoms. The first-order valence-electron chi connectivity index (χ1n) is 10.7. The highest BCUT2D eigenvalue weighted by atomic mass is 35.5. The molecular formula is C26H26ClNO3S2. The molecule has 0 aliphatic carbocycles. The van der Waals surface area contributed by atoms with Crippen molar-refractivity contribution in [2.45, 2.75) is 32.0 Å². The summed E-state index contributed by atoms with van der Waals surface area (Å²) in [5, 5.41) is 2.14. The molecule has 0 bridgehead atoms. The van der Waals surface area contributed by atoms with Crippen LogP contribution in [0, 0.1) is 0 Å². The van der Waals surface area contributed by atoms with Crippen molar-refractivity contribution in [1.29, 1.82) is 0 Å². The molecular weight excluding hydrogens is 474 g/mol. The van der Waals surface area contributed by atoms with E-state index in [2.05, 4.69) is 84.6 Å². The van der Waals surface area contributed by atoms with Crippen molar-refractivity contribution in [3.05, 3.63) is 105 Å². The predicted molar refractivity (Wildman–Crippen MR) is 138 cm³/mol. The van der Waals surface area contributed by atoms with Gasteiger partial charge >= 0.3 is 0 Å². The Balaban J connectivity index is 0.000000471. The first-order valence-corrected chi connectivity index (χ1v) is 13.7. The molecule has 33 heavy (non-hydrogen) atoms. The fourth-order valence-corrected chi connectivity index (χ4v) is 6.03. The first-order chi connectivity index (χ1) is 15.7. The van der Waals surface area contributed by atoms with Crippen molar-refractivity contribution in [3.63, 3.8) is 0 Å². The van der Waals surface area contributed by atoms with Crippen LogP contribution in [0.25, 0.3) is 10.1 Å². The Hall–Kier alpha value is -2.22. The van der Waals surface area contributed by atoms with Crippen molar-refractivity contribution in [2.75, 3.05) is 6.26 Å². The minimum absolute atomic E-state index is 0.379. The zero-order valence-corrected chi connectivity index (χ0v) is 20.9. The van der Waals surface area contributed by atoms with Crippen LogP contribution in [-0.4, -0.2) is 30.2 Å². The molecule has 0 radical (unpaired) electrons. The van der Waals surface area contributed by atoms with Gasteiger partial charge in [0.1, 0.15) is 0 Å². The maximum atomic E-state index is 9.19. The molecule has 0 amide bonds. The van der Waals surface area contributed by atoms with Crippen LogP contribution in [0.2, 0.25) is 5.02 Å². The number of hydrogen-bond acceptors (Lipinski definition) is 4. The van der Waals surface area contributed by atoms with Gasteiger partial charge in [0.2, 0.25) is 0 Å². The van der Waals surface area contributed by atoms with Crippen molar-refractivity contribution < 1.29 is 13.0 Å². The summed E-state index contributed by atoms with van der Waals surface area (Å²) in [6.45, 7) is 4.30. The monoisotopic (exact) mass is 499 g/mol. The van der Waals surface area contributed by atoms with Crippen molar-refractivity contribution in [3.8, 4) is 0 Å². The van der Waals surface area contributed by atoms with Gasteiger partial charge in [-0.2, -0.15) is 8.42 Å². The zero-order chi connectivity index (χ0) is 23.6. The van der Waals surface area contributed by atoms with E-state index in [0.717, 1.165) is 18.1 Å². The standard InChI is InChI=1S/C25H22ClNS.CH4O3S/c1-17-24(19-10-6-3-7-11-19)25-22(21-14-20(26)12-13-23(21)28-25)16-27(17)15-18-8-4-2-5-9-18;1-5(2,3)4/h2-14,17,24H,15-16H2,1H3;1H3,(H,2,3,4). The van der Waals surface area contributed by atoms with Crippen LogP contribution in [0.1, 0.15) is 34.4 Å². The van der Waals surface area contributed by atoms with E-state index in [4.69, 9.17) is 16.2 Å². The van der Waals surface area contributed by atoms with Gasteiger partial charge in [-0.3, -0.25) is 9.45 Å². The van der Waals surface area contributed by atoms with Gasteiger partial charge in [-0.15, -0.1) is 11.3 Å². The Morgan fingerprint density at radius 1 is 1.03 bits per heavy atom. The summed E-state index contributed by atoms with van der Waals surface area (Å²) in [5.74, 6) is 0.379. The van der Waals surface area contributed by atoms with Crippen LogP contribution in [0.3, 0.4) is 0 Å². The minimum Gasteiger partial charge on any atom is -0.291 e. The Bertz CT molecular complexity index is 1330. The first kappa shape index (κ1) is 23.9. The van der Waals surface area contributed by atoms with Crippen LogP contribution in [0.15, 0.2) is 78.9 Å². The minimum atomic E-state index is -3.67. The lowest BCUT2D eigenvalue weighted by Gasteiger charge is -2.40. The Kier molecular flexibility index (Phi) is 7.22. The summed E-state index contributed by atoms with van der Waals surface area (Å²) in [4.78, 5) is 4.11. The van der Waals surface area contributed by atoms with Gasteiger partial charge in [0.25, 0.3) is 10.1 Å². The van der Waals surface area contributed by atoms with Crippen LogP contribution < -0.4 is 0 Å². The van der Waals surface area contributed by atoms with E-state index in [-0.39, 0.29) is 0 Å². The van der Waals surface area contributed by atoms with Crippen LogP contribution in [0.4, 0.5) is 0 Å². The molecule has 172 valence electrons. The number of hydrogen-bond donors (Lipinski definition) is 1. The second-order valence-corrected chi connectivity index (χ2v) is 11.3. The number of thiophene rings is 1. The fraction of sp³-hybridized carbons (Fsp3) is 0.231. The fourth-order valence-electron chi connectivity index (χ4n) is 4.44. The molecule has 3 aromatic carbocycles. The average molecular weight is 500 g/mol. The van der Waals surface area contributed by atoms with E-state index in [1.807, 2.05) is 17.4 Å². The molecule has 4 nitrogen and oxygen atoms in total. The third-order valence-corrected chi connectivity index (χ3v) is 7.40. The average Bonchev–Trinajstić information content (AvgIpc) is 3.11. The van der Waals surface area contributed by atoms with Crippen molar-refractivity contribution in [1.82, 2.24) is 4.90 Å². The topological polar surface area (TPSA) is 57.6 Å². The molecule has 2 heterocycles. The molecule has 0 fully saturated rings. The summed E-state index contributed by atoms with van der Waals surface area (Å²) in [5.41, 5.74) is 4.21. The lowest BCUT2D eigenvalue weighted by molar-refractivity contribution is 0.163. The third-order valence-electron chi connectivity index (χ3n) is 5.87. The Morgan fingerprint density at radius 2 is 1.64 bits per heavy atom. The highest BCUT2D eigenvalue weighted by Crippen LogP contribution is 2.46. The van der Waals surface area contributed by atoms with Crippen LogP contribution >= 0.6 is 22.9 Å². The maximum Gasteiger partial charge on any atom is 0.261 e. The largest absolute Gasteiger partial charge is 0.291 e. The van der Waals surface area contributed by atoms with E-state index >= 15 is 0 Å². The van der Waals surface area contributed by atoms with Crippen molar-refractivity contribution in [2.24, 2.45) is 0 Å². The molecule has 2 unspecified atom stereocenters. The number of rotatable bonds is 3. The highest BCUT2D eigenvalue weighted by Gasteiger charge is 2.35. The van der Waals surface area contributed by atoms with Gasteiger partial charge in [-0.1, -0.05) is 72.3 Å². The molecule has 4 aromatic rings. The molecule has 0 spiro atoms. The number of fused-ring (bicyclic) bond motifs is 3. The summed E-state index contributed by atoms with van der Waals surface area (Å²) < 4.78 is 27.2. The molecule has 0 saturated carbocycles. The van der Waals surface area contributed by atoms with E-state index in [1.54, 1.807) is 0 Å². The molecule has 1 aliphatic heterocycles. The van der Waals surface area contributed by atoms with Crippen LogP contribution in [-0.2, 0) is 23.2 Å². The zero-order valence-electron chi connectivity index (χ0n) is 18.5. The summed E-state index contributed by atoms with van der Waals surface area (Å²) in [6, 6.07) is 28.5. The quantitative estimate of drug-likeness (QED) is 0.323. The summed E-state index contributed by atoms with van der Waals surface area (Å²) >= 11 is 8.30. The predicted octanol–water partition coefficient (Wildman–Crippen LogP) is 6.59. The lowest BCUT2D eigenvalue weighted by atomic mass is 9.84. The Morgan fingerprint density at radius 3 is 2.27 bits per heavy atom. The second-order valence-electron chi connectivity index (χ2n) is 8.34. The molecule has 1 N–H and O–H groups in total. The van der Waals surface area contributed by atoms with Gasteiger partial charge in [0.05, 0.1) is 6.26 Å². The second kappa shape index (κ2) is 9.95. The van der Waals surface area contributed by atoms with E-state index in [1.165, 1.54) is 31.7 Å². The SMILES string of the molecule is CC1C(c2ccccc2)c2sc3ccc(Cl)cc3c2CN1Cc1ccccc1.CS(=O)(=O)O. The van der Waals surface area contributed by atoms with Gasteiger partial charge in [0.15, 0.2) is 0 Å². The number of halogens is 1. The number of benzene rings is 3. The molecule has 2 atom stereocenters. The maximum absolute atomic E-state index is 9.19. The number of nitrogens with zero attached hydrogens (tertiary/aromatic N) is 1. The van der Waals surface area contributed by atoms with E-state index in [0.29, 0.717) is 18.2 Å². The highest BCUT2D eigenvalue weighted by molar-refractivity contribution is 7.85. The molecule has 1 aliphatic rings. The van der Waals surface area contributed by atoms with Gasteiger partial charge in [-0.05, 0) is 47.2 Å². The normalized spacial score (nSPS) is 18.4. The molecule has 1 aromatic heterocycles. The van der Waals surface area contributed by atoms with E-state index < -0.39 is 10.1 Å². The molecule has 5 rings (SSSR count).